The van der Waals surface area contributed by atoms with Gasteiger partial charge in [0, 0.05) is 35.3 Å². The number of piperidine rings is 1. The minimum atomic E-state index is 0.0301. The molecule has 1 saturated heterocycles. The molecule has 1 fully saturated rings. The number of amides is 1. The van der Waals surface area contributed by atoms with E-state index in [4.69, 9.17) is 21.1 Å². The van der Waals surface area contributed by atoms with Crippen LogP contribution in [0.5, 0.6) is 11.5 Å². The van der Waals surface area contributed by atoms with Crippen LogP contribution in [-0.4, -0.2) is 56.0 Å². The number of methoxy groups -OCH3 is 1. The molecule has 0 bridgehead atoms. The van der Waals surface area contributed by atoms with Crippen molar-refractivity contribution in [2.24, 2.45) is 0 Å². The van der Waals surface area contributed by atoms with E-state index in [2.05, 4.69) is 19.0 Å². The largest absolute Gasteiger partial charge is 0.493 e. The fourth-order valence-electron chi connectivity index (χ4n) is 3.43. The van der Waals surface area contributed by atoms with Crippen molar-refractivity contribution in [3.63, 3.8) is 0 Å². The standard InChI is InChI=1S/C22H27ClN2O3/c1-24(2)18-8-6-12-25(14-18)22(26)16-10-11-20(21(13-16)27-3)28-15-17-7-4-5-9-19(17)23/h4-5,7,9-11,13,18H,6,8,12,14-15H2,1-3H3. The third-order valence-electron chi connectivity index (χ3n) is 5.17. The Labute approximate surface area is 171 Å². The Balaban J connectivity index is 1.72. The van der Waals surface area contributed by atoms with Gasteiger partial charge in [0.1, 0.15) is 6.61 Å². The Hall–Kier alpha value is -2.24. The van der Waals surface area contributed by atoms with Crippen molar-refractivity contribution in [3.05, 3.63) is 58.6 Å². The van der Waals surface area contributed by atoms with Crippen LogP contribution in [0.3, 0.4) is 0 Å². The molecule has 2 aromatic rings. The van der Waals surface area contributed by atoms with Gasteiger partial charge in [-0.15, -0.1) is 0 Å². The molecule has 1 heterocycles. The topological polar surface area (TPSA) is 42.0 Å². The highest BCUT2D eigenvalue weighted by molar-refractivity contribution is 6.31. The van der Waals surface area contributed by atoms with Gasteiger partial charge in [-0.25, -0.2) is 0 Å². The van der Waals surface area contributed by atoms with Crippen molar-refractivity contribution in [3.8, 4) is 11.5 Å². The lowest BCUT2D eigenvalue weighted by Crippen LogP contribution is -2.47. The molecule has 1 amide bonds. The molecule has 0 aliphatic carbocycles. The van der Waals surface area contributed by atoms with E-state index in [1.807, 2.05) is 29.2 Å². The summed E-state index contributed by atoms with van der Waals surface area (Å²) < 4.78 is 11.3. The summed E-state index contributed by atoms with van der Waals surface area (Å²) in [7, 11) is 5.70. The Morgan fingerprint density at radius 1 is 1.21 bits per heavy atom. The Kier molecular flexibility index (Phi) is 6.81. The smallest absolute Gasteiger partial charge is 0.254 e. The fraction of sp³-hybridized carbons (Fsp3) is 0.409. The molecule has 1 unspecified atom stereocenters. The zero-order valence-electron chi connectivity index (χ0n) is 16.7. The van der Waals surface area contributed by atoms with Gasteiger partial charge in [-0.05, 0) is 51.2 Å². The first-order valence-corrected chi connectivity index (χ1v) is 9.87. The molecule has 0 N–H and O–H groups in total. The first kappa shape index (κ1) is 20.5. The van der Waals surface area contributed by atoms with Crippen molar-refractivity contribution < 1.29 is 14.3 Å². The van der Waals surface area contributed by atoms with Crippen molar-refractivity contribution in [2.45, 2.75) is 25.5 Å². The van der Waals surface area contributed by atoms with E-state index < -0.39 is 0 Å². The third-order valence-corrected chi connectivity index (χ3v) is 5.53. The number of likely N-dealkylation sites (N-methyl/N-ethyl adjacent to an activating group) is 1. The monoisotopic (exact) mass is 402 g/mol. The lowest BCUT2D eigenvalue weighted by molar-refractivity contribution is 0.0634. The Morgan fingerprint density at radius 3 is 2.71 bits per heavy atom. The molecule has 1 aliphatic rings. The lowest BCUT2D eigenvalue weighted by atomic mass is 10.0. The van der Waals surface area contributed by atoms with Crippen LogP contribution in [-0.2, 0) is 6.61 Å². The molecule has 150 valence electrons. The number of carbonyl (C=O) groups is 1. The third kappa shape index (κ3) is 4.78. The minimum absolute atomic E-state index is 0.0301. The maximum absolute atomic E-state index is 13.0. The second-order valence-corrected chi connectivity index (χ2v) is 7.66. The Morgan fingerprint density at radius 2 is 2.00 bits per heavy atom. The highest BCUT2D eigenvalue weighted by atomic mass is 35.5. The van der Waals surface area contributed by atoms with E-state index in [0.29, 0.717) is 34.7 Å². The Bertz CT molecular complexity index is 825. The number of hydrogen-bond donors (Lipinski definition) is 0. The van der Waals surface area contributed by atoms with Gasteiger partial charge in [-0.2, -0.15) is 0 Å². The maximum atomic E-state index is 13.0. The van der Waals surface area contributed by atoms with E-state index >= 15 is 0 Å². The van der Waals surface area contributed by atoms with Gasteiger partial charge in [-0.1, -0.05) is 29.8 Å². The number of likely N-dealkylation sites (tertiary alicyclic amines) is 1. The molecular weight excluding hydrogens is 376 g/mol. The van der Waals surface area contributed by atoms with Crippen LogP contribution >= 0.6 is 11.6 Å². The number of ether oxygens (including phenoxy) is 2. The molecule has 1 atom stereocenters. The number of halogens is 1. The van der Waals surface area contributed by atoms with Crippen LogP contribution in [0.2, 0.25) is 5.02 Å². The van der Waals surface area contributed by atoms with Gasteiger partial charge in [-0.3, -0.25) is 4.79 Å². The summed E-state index contributed by atoms with van der Waals surface area (Å²) in [5.41, 5.74) is 1.51. The molecule has 3 rings (SSSR count). The van der Waals surface area contributed by atoms with Gasteiger partial charge in [0.25, 0.3) is 5.91 Å². The lowest BCUT2D eigenvalue weighted by Gasteiger charge is -2.36. The molecule has 0 radical (unpaired) electrons. The molecule has 28 heavy (non-hydrogen) atoms. The van der Waals surface area contributed by atoms with Crippen molar-refractivity contribution >= 4 is 17.5 Å². The van der Waals surface area contributed by atoms with E-state index in [9.17, 15) is 4.79 Å². The van der Waals surface area contributed by atoms with Gasteiger partial charge >= 0.3 is 0 Å². The van der Waals surface area contributed by atoms with E-state index in [1.165, 1.54) is 0 Å². The van der Waals surface area contributed by atoms with Crippen LogP contribution in [0, 0.1) is 0 Å². The van der Waals surface area contributed by atoms with E-state index in [1.54, 1.807) is 25.3 Å². The van der Waals surface area contributed by atoms with Crippen molar-refractivity contribution in [1.29, 1.82) is 0 Å². The summed E-state index contributed by atoms with van der Waals surface area (Å²) in [4.78, 5) is 17.1. The van der Waals surface area contributed by atoms with E-state index in [-0.39, 0.29) is 5.91 Å². The van der Waals surface area contributed by atoms with Gasteiger partial charge in [0.15, 0.2) is 11.5 Å². The zero-order valence-corrected chi connectivity index (χ0v) is 17.4. The second kappa shape index (κ2) is 9.30. The molecule has 2 aromatic carbocycles. The predicted molar refractivity (Wildman–Crippen MR) is 111 cm³/mol. The van der Waals surface area contributed by atoms with Crippen LogP contribution < -0.4 is 9.47 Å². The zero-order chi connectivity index (χ0) is 20.1. The van der Waals surface area contributed by atoms with Gasteiger partial charge in [0.2, 0.25) is 0 Å². The fourth-order valence-corrected chi connectivity index (χ4v) is 3.62. The van der Waals surface area contributed by atoms with Crippen LogP contribution in [0.4, 0.5) is 0 Å². The molecule has 6 heteroatoms. The summed E-state index contributed by atoms with van der Waals surface area (Å²) >= 11 is 6.19. The molecule has 0 spiro atoms. The summed E-state index contributed by atoms with van der Waals surface area (Å²) in [6.45, 7) is 1.87. The molecule has 0 saturated carbocycles. The SMILES string of the molecule is COc1cc(C(=O)N2CCCC(N(C)C)C2)ccc1OCc1ccccc1Cl. The van der Waals surface area contributed by atoms with Crippen LogP contribution in [0.15, 0.2) is 42.5 Å². The van der Waals surface area contributed by atoms with Crippen LogP contribution in [0.1, 0.15) is 28.8 Å². The molecule has 5 nitrogen and oxygen atoms in total. The molecule has 0 aromatic heterocycles. The minimum Gasteiger partial charge on any atom is -0.493 e. The number of nitrogens with zero attached hydrogens (tertiary/aromatic N) is 2. The second-order valence-electron chi connectivity index (χ2n) is 7.26. The summed E-state index contributed by atoms with van der Waals surface area (Å²) in [5.74, 6) is 1.16. The highest BCUT2D eigenvalue weighted by Crippen LogP contribution is 2.30. The normalized spacial score (nSPS) is 16.9. The average Bonchev–Trinajstić information content (AvgIpc) is 2.72. The average molecular weight is 403 g/mol. The number of carbonyl (C=O) groups excluding carboxylic acids is 1. The molecular formula is C22H27ClN2O3. The van der Waals surface area contributed by atoms with Crippen LogP contribution in [0.25, 0.3) is 0 Å². The van der Waals surface area contributed by atoms with Crippen molar-refractivity contribution in [1.82, 2.24) is 9.80 Å². The van der Waals surface area contributed by atoms with Crippen molar-refractivity contribution in [2.75, 3.05) is 34.3 Å². The maximum Gasteiger partial charge on any atom is 0.254 e. The summed E-state index contributed by atoms with van der Waals surface area (Å²) in [6, 6.07) is 13.3. The predicted octanol–water partition coefficient (Wildman–Crippen LogP) is 4.09. The quantitative estimate of drug-likeness (QED) is 0.729. The molecule has 1 aliphatic heterocycles. The first-order valence-electron chi connectivity index (χ1n) is 9.49. The summed E-state index contributed by atoms with van der Waals surface area (Å²) in [5, 5.41) is 0.661. The number of benzene rings is 2. The summed E-state index contributed by atoms with van der Waals surface area (Å²) in [6.07, 6.45) is 2.14. The number of rotatable bonds is 6. The number of hydrogen-bond acceptors (Lipinski definition) is 4. The van der Waals surface area contributed by atoms with Gasteiger partial charge < -0.3 is 19.3 Å². The first-order chi connectivity index (χ1) is 13.5. The van der Waals surface area contributed by atoms with E-state index in [0.717, 1.165) is 31.5 Å². The highest BCUT2D eigenvalue weighted by Gasteiger charge is 2.26. The van der Waals surface area contributed by atoms with Gasteiger partial charge in [0.05, 0.1) is 7.11 Å².